The van der Waals surface area contributed by atoms with Crippen LogP contribution in [-0.4, -0.2) is 37.4 Å². The van der Waals surface area contributed by atoms with Gasteiger partial charge in [0.15, 0.2) is 5.11 Å². The monoisotopic (exact) mass is 225 g/mol. The number of nitrogens with zero attached hydrogens (tertiary/aromatic N) is 2. The molecule has 0 aromatic carbocycles. The third kappa shape index (κ3) is 3.81. The minimum atomic E-state index is 0.640. The van der Waals surface area contributed by atoms with Gasteiger partial charge in [0.1, 0.15) is 0 Å². The first-order chi connectivity index (χ1) is 7.25. The fourth-order valence-corrected chi connectivity index (χ4v) is 1.26. The van der Waals surface area contributed by atoms with Gasteiger partial charge in [0.2, 0.25) is 0 Å². The average molecular weight is 225 g/mol. The molecule has 0 radical (unpaired) electrons. The number of rotatable bonds is 4. The van der Waals surface area contributed by atoms with Crippen LogP contribution in [0.5, 0.6) is 0 Å². The van der Waals surface area contributed by atoms with Crippen molar-refractivity contribution in [2.24, 2.45) is 0 Å². The molecule has 0 amide bonds. The van der Waals surface area contributed by atoms with E-state index >= 15 is 0 Å². The van der Waals surface area contributed by atoms with Crippen LogP contribution in [0.1, 0.15) is 0 Å². The normalized spacial score (nSPS) is 9.73. The molecule has 1 N–H and O–H groups in total. The molecule has 15 heavy (non-hydrogen) atoms. The number of methoxy groups -OCH3 is 1. The van der Waals surface area contributed by atoms with E-state index in [1.54, 1.807) is 19.5 Å². The van der Waals surface area contributed by atoms with Gasteiger partial charge in [-0.1, -0.05) is 0 Å². The van der Waals surface area contributed by atoms with Gasteiger partial charge in [-0.15, -0.1) is 0 Å². The number of hydrogen-bond acceptors (Lipinski definition) is 3. The lowest BCUT2D eigenvalue weighted by Crippen LogP contribution is -2.38. The zero-order chi connectivity index (χ0) is 11.1. The Kier molecular flexibility index (Phi) is 5.00. The van der Waals surface area contributed by atoms with Crippen LogP contribution < -0.4 is 10.2 Å². The molecule has 4 nitrogen and oxygen atoms in total. The van der Waals surface area contributed by atoms with Crippen molar-refractivity contribution in [1.29, 1.82) is 0 Å². The summed E-state index contributed by atoms with van der Waals surface area (Å²) >= 11 is 5.20. The van der Waals surface area contributed by atoms with Gasteiger partial charge in [-0.05, 0) is 24.4 Å². The molecule has 0 fully saturated rings. The highest BCUT2D eigenvalue weighted by Gasteiger charge is 2.05. The van der Waals surface area contributed by atoms with Gasteiger partial charge in [-0.3, -0.25) is 4.98 Å². The quantitative estimate of drug-likeness (QED) is 0.612. The van der Waals surface area contributed by atoms with Crippen LogP contribution in [-0.2, 0) is 4.74 Å². The number of aromatic nitrogens is 1. The van der Waals surface area contributed by atoms with Crippen LogP contribution in [0.25, 0.3) is 0 Å². The van der Waals surface area contributed by atoms with Gasteiger partial charge in [-0.25, -0.2) is 0 Å². The van der Waals surface area contributed by atoms with Gasteiger partial charge in [0, 0.05) is 26.9 Å². The summed E-state index contributed by atoms with van der Waals surface area (Å²) in [5.41, 5.74) is 0.965. The van der Waals surface area contributed by atoms with Gasteiger partial charge in [0.25, 0.3) is 0 Å². The van der Waals surface area contributed by atoms with Gasteiger partial charge in [-0.2, -0.15) is 0 Å². The summed E-state index contributed by atoms with van der Waals surface area (Å²) in [5.74, 6) is 0. The molecular formula is C10H15N3OS. The Morgan fingerprint density at radius 2 is 2.47 bits per heavy atom. The highest BCUT2D eigenvalue weighted by molar-refractivity contribution is 7.80. The number of anilines is 1. The maximum absolute atomic E-state index is 5.20. The molecule has 0 saturated carbocycles. The molecule has 0 aliphatic carbocycles. The van der Waals surface area contributed by atoms with Crippen molar-refractivity contribution in [2.45, 2.75) is 0 Å². The lowest BCUT2D eigenvalue weighted by molar-refractivity contribution is 0.204. The lowest BCUT2D eigenvalue weighted by Gasteiger charge is -2.20. The topological polar surface area (TPSA) is 37.4 Å². The van der Waals surface area contributed by atoms with Crippen LogP contribution in [0.3, 0.4) is 0 Å². The Balaban J connectivity index is 2.46. The Hall–Kier alpha value is -1.20. The van der Waals surface area contributed by atoms with Crippen molar-refractivity contribution >= 4 is 23.0 Å². The summed E-state index contributed by atoms with van der Waals surface area (Å²) in [4.78, 5) is 5.90. The van der Waals surface area contributed by atoms with Gasteiger partial charge >= 0.3 is 0 Å². The minimum absolute atomic E-state index is 0.640. The van der Waals surface area contributed by atoms with Crippen molar-refractivity contribution in [3.8, 4) is 0 Å². The Bertz CT molecular complexity index is 305. The SMILES string of the molecule is COCCNC(=S)N(C)c1cccnc1. The van der Waals surface area contributed by atoms with E-state index < -0.39 is 0 Å². The maximum atomic E-state index is 5.20. The Morgan fingerprint density at radius 1 is 1.67 bits per heavy atom. The molecule has 0 aliphatic heterocycles. The van der Waals surface area contributed by atoms with Crippen LogP contribution in [0.2, 0.25) is 0 Å². The molecule has 1 heterocycles. The summed E-state index contributed by atoms with van der Waals surface area (Å²) in [6, 6.07) is 3.83. The largest absolute Gasteiger partial charge is 0.383 e. The maximum Gasteiger partial charge on any atom is 0.173 e. The Morgan fingerprint density at radius 3 is 3.07 bits per heavy atom. The number of hydrogen-bond donors (Lipinski definition) is 1. The van der Waals surface area contributed by atoms with E-state index in [2.05, 4.69) is 10.3 Å². The van der Waals surface area contributed by atoms with E-state index in [4.69, 9.17) is 17.0 Å². The van der Waals surface area contributed by atoms with Crippen LogP contribution in [0, 0.1) is 0 Å². The molecule has 1 rings (SSSR count). The molecule has 0 aliphatic rings. The highest BCUT2D eigenvalue weighted by atomic mass is 32.1. The van der Waals surface area contributed by atoms with E-state index in [1.165, 1.54) is 0 Å². The summed E-state index contributed by atoms with van der Waals surface area (Å²) in [5, 5.41) is 3.75. The van der Waals surface area contributed by atoms with Crippen LogP contribution in [0.15, 0.2) is 24.5 Å². The number of pyridine rings is 1. The highest BCUT2D eigenvalue weighted by Crippen LogP contribution is 2.08. The summed E-state index contributed by atoms with van der Waals surface area (Å²) in [7, 11) is 3.56. The van der Waals surface area contributed by atoms with E-state index in [0.717, 1.165) is 5.69 Å². The number of ether oxygens (including phenoxy) is 1. The number of nitrogens with one attached hydrogen (secondary N) is 1. The molecule has 5 heteroatoms. The predicted molar refractivity (Wildman–Crippen MR) is 65.1 cm³/mol. The standard InChI is InChI=1S/C10H15N3OS/c1-13(9-4-3-5-11-8-9)10(15)12-6-7-14-2/h3-5,8H,6-7H2,1-2H3,(H,12,15). The van der Waals surface area contributed by atoms with Crippen molar-refractivity contribution in [3.05, 3.63) is 24.5 Å². The first-order valence-electron chi connectivity index (χ1n) is 4.66. The fourth-order valence-electron chi connectivity index (χ4n) is 1.05. The molecule has 0 bridgehead atoms. The second kappa shape index (κ2) is 6.31. The van der Waals surface area contributed by atoms with Crippen molar-refractivity contribution in [3.63, 3.8) is 0 Å². The molecular weight excluding hydrogens is 210 g/mol. The smallest absolute Gasteiger partial charge is 0.173 e. The van der Waals surface area contributed by atoms with Crippen molar-refractivity contribution in [1.82, 2.24) is 10.3 Å². The molecule has 0 spiro atoms. The van der Waals surface area contributed by atoms with Gasteiger partial charge in [0.05, 0.1) is 18.5 Å². The zero-order valence-electron chi connectivity index (χ0n) is 8.93. The van der Waals surface area contributed by atoms with E-state index in [0.29, 0.717) is 18.3 Å². The average Bonchev–Trinajstić information content (AvgIpc) is 2.29. The first kappa shape index (κ1) is 11.9. The summed E-state index contributed by atoms with van der Waals surface area (Å²) < 4.78 is 4.92. The molecule has 82 valence electrons. The predicted octanol–water partition coefficient (Wildman–Crippen LogP) is 1.04. The molecule has 0 unspecified atom stereocenters. The number of thiocarbonyl (C=S) groups is 1. The first-order valence-corrected chi connectivity index (χ1v) is 5.07. The van der Waals surface area contributed by atoms with E-state index in [9.17, 15) is 0 Å². The molecule has 0 saturated heterocycles. The zero-order valence-corrected chi connectivity index (χ0v) is 9.75. The van der Waals surface area contributed by atoms with Crippen molar-refractivity contribution < 1.29 is 4.74 Å². The van der Waals surface area contributed by atoms with E-state index in [-0.39, 0.29) is 0 Å². The lowest BCUT2D eigenvalue weighted by atomic mass is 10.4. The summed E-state index contributed by atoms with van der Waals surface area (Å²) in [6.45, 7) is 1.35. The summed E-state index contributed by atoms with van der Waals surface area (Å²) in [6.07, 6.45) is 3.50. The fraction of sp³-hybridized carbons (Fsp3) is 0.400. The Labute approximate surface area is 95.3 Å². The third-order valence-electron chi connectivity index (χ3n) is 1.92. The van der Waals surface area contributed by atoms with E-state index in [1.807, 2.05) is 24.1 Å². The molecule has 1 aromatic heterocycles. The van der Waals surface area contributed by atoms with Crippen LogP contribution >= 0.6 is 12.2 Å². The minimum Gasteiger partial charge on any atom is -0.383 e. The van der Waals surface area contributed by atoms with Crippen molar-refractivity contribution in [2.75, 3.05) is 32.2 Å². The second-order valence-electron chi connectivity index (χ2n) is 2.99. The van der Waals surface area contributed by atoms with Gasteiger partial charge < -0.3 is 15.0 Å². The molecule has 0 atom stereocenters. The van der Waals surface area contributed by atoms with Crippen LogP contribution in [0.4, 0.5) is 5.69 Å². The second-order valence-corrected chi connectivity index (χ2v) is 3.38. The molecule has 1 aromatic rings. The third-order valence-corrected chi connectivity index (χ3v) is 2.34.